The maximum atomic E-state index is 14.2. The van der Waals surface area contributed by atoms with E-state index in [1.165, 1.54) is 19.1 Å². The molecule has 1 saturated heterocycles. The summed E-state index contributed by atoms with van der Waals surface area (Å²) in [6.45, 7) is 2.05. The van der Waals surface area contributed by atoms with Crippen molar-refractivity contribution < 1.29 is 13.6 Å². The van der Waals surface area contributed by atoms with Gasteiger partial charge >= 0.3 is 0 Å². The van der Waals surface area contributed by atoms with Gasteiger partial charge in [-0.15, -0.1) is 0 Å². The second-order valence-corrected chi connectivity index (χ2v) is 6.56. The van der Waals surface area contributed by atoms with Crippen LogP contribution in [0.15, 0.2) is 24.3 Å². The average Bonchev–Trinajstić information content (AvgIpc) is 2.73. The predicted octanol–water partition coefficient (Wildman–Crippen LogP) is 2.79. The first-order chi connectivity index (χ1) is 9.84. The Morgan fingerprint density at radius 3 is 2.76 bits per heavy atom. The topological polar surface area (TPSA) is 46.3 Å². The maximum absolute atomic E-state index is 14.2. The number of benzene rings is 1. The fraction of sp³-hybridized carbons (Fsp3) is 0.562. The Balaban J connectivity index is 1.84. The van der Waals surface area contributed by atoms with Crippen molar-refractivity contribution in [2.75, 3.05) is 11.4 Å². The molecule has 1 aliphatic heterocycles. The molecule has 2 fully saturated rings. The third kappa shape index (κ3) is 2.33. The van der Waals surface area contributed by atoms with Gasteiger partial charge in [0.1, 0.15) is 11.5 Å². The Morgan fingerprint density at radius 1 is 1.33 bits per heavy atom. The minimum absolute atomic E-state index is 0.0425. The first-order valence-corrected chi connectivity index (χ1v) is 7.36. The molecule has 1 aromatic carbocycles. The highest BCUT2D eigenvalue weighted by Crippen LogP contribution is 2.49. The summed E-state index contributed by atoms with van der Waals surface area (Å²) in [5.74, 6) is -0.406. The minimum Gasteiger partial charge on any atom is -0.325 e. The standard InChI is InChI=1S/C16H20F2N2O/c1-15(18)5-6-16(10-13(15)19)7-8-20(14(16)21)12-4-2-3-11(17)9-12/h2-4,9,13H,5-8,10,19H2,1H3. The van der Waals surface area contributed by atoms with Crippen molar-refractivity contribution in [1.29, 1.82) is 0 Å². The van der Waals surface area contributed by atoms with Gasteiger partial charge in [-0.1, -0.05) is 6.07 Å². The summed E-state index contributed by atoms with van der Waals surface area (Å²) in [5.41, 5.74) is 4.52. The lowest BCUT2D eigenvalue weighted by Gasteiger charge is -2.42. The van der Waals surface area contributed by atoms with Crippen molar-refractivity contribution in [2.45, 2.75) is 44.3 Å². The number of hydrogen-bond acceptors (Lipinski definition) is 2. The summed E-state index contributed by atoms with van der Waals surface area (Å²) in [6, 6.07) is 5.41. The van der Waals surface area contributed by atoms with Crippen LogP contribution in [0.4, 0.5) is 14.5 Å². The molecule has 1 spiro atoms. The lowest BCUT2D eigenvalue weighted by molar-refractivity contribution is -0.129. The summed E-state index contributed by atoms with van der Waals surface area (Å²) >= 11 is 0. The Labute approximate surface area is 123 Å². The molecule has 3 atom stereocenters. The van der Waals surface area contributed by atoms with Crippen LogP contribution in [0.3, 0.4) is 0 Å². The van der Waals surface area contributed by atoms with Gasteiger partial charge in [0.05, 0.1) is 5.41 Å². The molecule has 5 heteroatoms. The summed E-state index contributed by atoms with van der Waals surface area (Å²) < 4.78 is 27.5. The molecule has 1 heterocycles. The van der Waals surface area contributed by atoms with Gasteiger partial charge < -0.3 is 10.6 Å². The monoisotopic (exact) mass is 294 g/mol. The van der Waals surface area contributed by atoms with Crippen LogP contribution < -0.4 is 10.6 Å². The van der Waals surface area contributed by atoms with Gasteiger partial charge in [0.25, 0.3) is 0 Å². The van der Waals surface area contributed by atoms with Gasteiger partial charge in [-0.3, -0.25) is 4.79 Å². The normalized spacial score (nSPS) is 36.5. The zero-order chi connectivity index (χ0) is 15.3. The summed E-state index contributed by atoms with van der Waals surface area (Å²) in [4.78, 5) is 14.4. The second-order valence-electron chi connectivity index (χ2n) is 6.56. The molecule has 1 saturated carbocycles. The third-order valence-electron chi connectivity index (χ3n) is 5.11. The molecule has 1 amide bonds. The van der Waals surface area contributed by atoms with Gasteiger partial charge in [0.15, 0.2) is 0 Å². The van der Waals surface area contributed by atoms with Crippen LogP contribution in [-0.4, -0.2) is 24.2 Å². The number of nitrogens with zero attached hydrogens (tertiary/aromatic N) is 1. The number of nitrogens with two attached hydrogens (primary N) is 1. The molecule has 1 aromatic rings. The van der Waals surface area contributed by atoms with E-state index in [1.54, 1.807) is 17.0 Å². The number of carbonyl (C=O) groups excluding carboxylic acids is 1. The highest BCUT2D eigenvalue weighted by Gasteiger charge is 2.54. The third-order valence-corrected chi connectivity index (χ3v) is 5.11. The Bertz CT molecular complexity index is 575. The number of halogens is 2. The fourth-order valence-electron chi connectivity index (χ4n) is 3.54. The molecule has 0 radical (unpaired) electrons. The van der Waals surface area contributed by atoms with E-state index in [0.29, 0.717) is 37.9 Å². The number of hydrogen-bond donors (Lipinski definition) is 1. The first-order valence-electron chi connectivity index (χ1n) is 7.36. The smallest absolute Gasteiger partial charge is 0.233 e. The summed E-state index contributed by atoms with van der Waals surface area (Å²) in [7, 11) is 0. The molecule has 0 aromatic heterocycles. The van der Waals surface area contributed by atoms with E-state index in [1.807, 2.05) is 0 Å². The average molecular weight is 294 g/mol. The van der Waals surface area contributed by atoms with Crippen LogP contribution in [0.1, 0.15) is 32.6 Å². The Hall–Kier alpha value is -1.49. The number of rotatable bonds is 1. The lowest BCUT2D eigenvalue weighted by Crippen LogP contribution is -2.52. The predicted molar refractivity (Wildman–Crippen MR) is 77.1 cm³/mol. The SMILES string of the molecule is CC1(F)CCC2(CCN(c3cccc(F)c3)C2=O)CC1N. The minimum atomic E-state index is -1.40. The molecule has 114 valence electrons. The molecule has 2 N–H and O–H groups in total. The lowest BCUT2D eigenvalue weighted by atomic mass is 9.66. The van der Waals surface area contributed by atoms with Crippen LogP contribution in [-0.2, 0) is 4.79 Å². The number of anilines is 1. The molecule has 2 aliphatic rings. The quantitative estimate of drug-likeness (QED) is 0.865. The van der Waals surface area contributed by atoms with E-state index >= 15 is 0 Å². The van der Waals surface area contributed by atoms with Gasteiger partial charge in [-0.25, -0.2) is 8.78 Å². The molecule has 21 heavy (non-hydrogen) atoms. The zero-order valence-electron chi connectivity index (χ0n) is 12.1. The van der Waals surface area contributed by atoms with Gasteiger partial charge in [0, 0.05) is 18.3 Å². The van der Waals surface area contributed by atoms with E-state index < -0.39 is 17.1 Å². The van der Waals surface area contributed by atoms with E-state index in [2.05, 4.69) is 0 Å². The molecule has 1 aliphatic carbocycles. The van der Waals surface area contributed by atoms with Crippen LogP contribution in [0, 0.1) is 11.2 Å². The zero-order valence-corrected chi connectivity index (χ0v) is 12.1. The Kier molecular flexibility index (Phi) is 3.28. The van der Waals surface area contributed by atoms with Crippen LogP contribution >= 0.6 is 0 Å². The van der Waals surface area contributed by atoms with Gasteiger partial charge in [0.2, 0.25) is 5.91 Å². The highest BCUT2D eigenvalue weighted by molar-refractivity contribution is 6.00. The van der Waals surface area contributed by atoms with E-state index in [0.717, 1.165) is 0 Å². The van der Waals surface area contributed by atoms with Crippen molar-refractivity contribution in [3.05, 3.63) is 30.1 Å². The number of alkyl halides is 1. The van der Waals surface area contributed by atoms with Crippen LogP contribution in [0.5, 0.6) is 0 Å². The largest absolute Gasteiger partial charge is 0.325 e. The van der Waals surface area contributed by atoms with Crippen LogP contribution in [0.2, 0.25) is 0 Å². The molecule has 3 nitrogen and oxygen atoms in total. The van der Waals surface area contributed by atoms with Crippen LogP contribution in [0.25, 0.3) is 0 Å². The van der Waals surface area contributed by atoms with Crippen molar-refractivity contribution in [2.24, 2.45) is 11.1 Å². The van der Waals surface area contributed by atoms with Crippen molar-refractivity contribution in [3.63, 3.8) is 0 Å². The maximum Gasteiger partial charge on any atom is 0.233 e. The molecule has 0 bridgehead atoms. The Morgan fingerprint density at radius 2 is 2.10 bits per heavy atom. The van der Waals surface area contributed by atoms with E-state index in [9.17, 15) is 13.6 Å². The van der Waals surface area contributed by atoms with E-state index in [4.69, 9.17) is 5.73 Å². The molecule has 3 rings (SSSR count). The van der Waals surface area contributed by atoms with Gasteiger partial charge in [-0.05, 0) is 50.8 Å². The van der Waals surface area contributed by atoms with Crippen molar-refractivity contribution in [1.82, 2.24) is 0 Å². The number of amides is 1. The fourth-order valence-corrected chi connectivity index (χ4v) is 3.54. The van der Waals surface area contributed by atoms with Crippen molar-refractivity contribution in [3.8, 4) is 0 Å². The second kappa shape index (κ2) is 4.77. The first kappa shape index (κ1) is 14.4. The van der Waals surface area contributed by atoms with Crippen molar-refractivity contribution >= 4 is 11.6 Å². The summed E-state index contributed by atoms with van der Waals surface area (Å²) in [5, 5.41) is 0. The van der Waals surface area contributed by atoms with E-state index in [-0.39, 0.29) is 11.7 Å². The molecule has 3 unspecified atom stereocenters. The van der Waals surface area contributed by atoms with Gasteiger partial charge in [-0.2, -0.15) is 0 Å². The highest BCUT2D eigenvalue weighted by atomic mass is 19.1. The molecular formula is C16H20F2N2O. The summed E-state index contributed by atoms with van der Waals surface area (Å²) in [6.07, 6.45) is 1.84. The number of carbonyl (C=O) groups is 1. The molecular weight excluding hydrogens is 274 g/mol.